The van der Waals surface area contributed by atoms with Crippen LogP contribution in [-0.4, -0.2) is 31.3 Å². The molecule has 3 atom stereocenters. The van der Waals surface area contributed by atoms with Gasteiger partial charge >= 0.3 is 6.61 Å². The van der Waals surface area contributed by atoms with Crippen molar-refractivity contribution < 1.29 is 23.0 Å². The summed E-state index contributed by atoms with van der Waals surface area (Å²) >= 11 is 0. The van der Waals surface area contributed by atoms with Crippen molar-refractivity contribution >= 4 is 5.91 Å². The Balaban J connectivity index is 1.67. The molecule has 3 rings (SSSR count). The van der Waals surface area contributed by atoms with Gasteiger partial charge in [0, 0.05) is 6.54 Å². The molecule has 1 aliphatic heterocycles. The van der Waals surface area contributed by atoms with E-state index in [9.17, 15) is 13.6 Å². The topological polar surface area (TPSA) is 73.6 Å². The van der Waals surface area contributed by atoms with Gasteiger partial charge in [-0.15, -0.1) is 0 Å². The summed E-state index contributed by atoms with van der Waals surface area (Å²) in [6.07, 6.45) is 3.46. The molecular weight excluding hydrogens is 318 g/mol. The Hall–Kier alpha value is -1.73. The Morgan fingerprint density at radius 3 is 2.92 bits per heavy atom. The molecule has 0 aromatic heterocycles. The quantitative estimate of drug-likeness (QED) is 0.862. The number of nitrogens with two attached hydrogens (primary N) is 1. The van der Waals surface area contributed by atoms with Crippen molar-refractivity contribution in [3.63, 3.8) is 0 Å². The minimum Gasteiger partial charge on any atom is -0.435 e. The van der Waals surface area contributed by atoms with Crippen molar-refractivity contribution in [3.8, 4) is 5.75 Å². The first-order valence-electron chi connectivity index (χ1n) is 8.30. The fraction of sp³-hybridized carbons (Fsp3) is 0.588. The number of nitrogens with one attached hydrogen (secondary N) is 1. The lowest BCUT2D eigenvalue weighted by atomic mass is 9.87. The zero-order valence-corrected chi connectivity index (χ0v) is 13.3. The van der Waals surface area contributed by atoms with Crippen LogP contribution >= 0.6 is 0 Å². The van der Waals surface area contributed by atoms with Gasteiger partial charge in [-0.2, -0.15) is 8.78 Å². The summed E-state index contributed by atoms with van der Waals surface area (Å²) in [4.78, 5) is 12.4. The van der Waals surface area contributed by atoms with Gasteiger partial charge in [0.15, 0.2) is 0 Å². The SMILES string of the molecule is NC[C@H]1CC[C@@H](C(=O)NC2CCCc3cc(OC(F)F)ccc32)O1. The number of aryl methyl sites for hydroxylation is 1. The number of hydrogen-bond acceptors (Lipinski definition) is 4. The molecule has 1 aromatic carbocycles. The molecule has 1 saturated heterocycles. The maximum Gasteiger partial charge on any atom is 0.387 e. The molecule has 1 amide bonds. The Labute approximate surface area is 139 Å². The van der Waals surface area contributed by atoms with Gasteiger partial charge in [-0.25, -0.2) is 0 Å². The predicted octanol–water partition coefficient (Wildman–Crippen LogP) is 2.29. The van der Waals surface area contributed by atoms with Crippen LogP contribution in [0.2, 0.25) is 0 Å². The third kappa shape index (κ3) is 3.84. The first kappa shape index (κ1) is 17.1. The first-order chi connectivity index (χ1) is 11.6. The van der Waals surface area contributed by atoms with E-state index in [2.05, 4.69) is 10.1 Å². The van der Waals surface area contributed by atoms with Gasteiger partial charge in [0.1, 0.15) is 11.9 Å². The lowest BCUT2D eigenvalue weighted by Gasteiger charge is -2.28. The average Bonchev–Trinajstić information content (AvgIpc) is 3.03. The van der Waals surface area contributed by atoms with Crippen LogP contribution in [0.1, 0.15) is 42.9 Å². The van der Waals surface area contributed by atoms with Crippen molar-refractivity contribution in [2.45, 2.75) is 57.0 Å². The molecular formula is C17H22F2N2O3. The third-order valence-corrected chi connectivity index (χ3v) is 4.63. The molecule has 1 unspecified atom stereocenters. The summed E-state index contributed by atoms with van der Waals surface area (Å²) in [5, 5.41) is 3.03. The van der Waals surface area contributed by atoms with Crippen molar-refractivity contribution in [1.29, 1.82) is 0 Å². The second-order valence-electron chi connectivity index (χ2n) is 6.25. The van der Waals surface area contributed by atoms with E-state index in [0.717, 1.165) is 36.8 Å². The van der Waals surface area contributed by atoms with Crippen LogP contribution in [0.5, 0.6) is 5.75 Å². The predicted molar refractivity (Wildman–Crippen MR) is 83.8 cm³/mol. The standard InChI is InChI=1S/C17H22F2N2O3/c18-17(19)24-11-4-6-13-10(8-11)2-1-3-14(13)21-16(22)15-7-5-12(9-20)23-15/h4,6,8,12,14-15,17H,1-3,5,7,9,20H2,(H,21,22)/t12-,14?,15+/m1/s1. The molecule has 1 heterocycles. The lowest BCUT2D eigenvalue weighted by Crippen LogP contribution is -2.39. The van der Waals surface area contributed by atoms with Crippen LogP contribution in [0.15, 0.2) is 18.2 Å². The molecule has 1 aromatic rings. The molecule has 0 saturated carbocycles. The average molecular weight is 340 g/mol. The summed E-state index contributed by atoms with van der Waals surface area (Å²) in [7, 11) is 0. The van der Waals surface area contributed by atoms with Gasteiger partial charge in [-0.1, -0.05) is 6.07 Å². The molecule has 24 heavy (non-hydrogen) atoms. The first-order valence-corrected chi connectivity index (χ1v) is 8.30. The minimum atomic E-state index is -2.84. The molecule has 1 fully saturated rings. The van der Waals surface area contributed by atoms with Gasteiger partial charge in [-0.05, 0) is 55.4 Å². The van der Waals surface area contributed by atoms with Gasteiger partial charge in [0.05, 0.1) is 12.1 Å². The van der Waals surface area contributed by atoms with E-state index in [0.29, 0.717) is 13.0 Å². The number of fused-ring (bicyclic) bond motifs is 1. The molecule has 7 heteroatoms. The van der Waals surface area contributed by atoms with Crippen LogP contribution in [-0.2, 0) is 16.0 Å². The zero-order valence-electron chi connectivity index (χ0n) is 13.3. The van der Waals surface area contributed by atoms with Crippen LogP contribution in [0.4, 0.5) is 8.78 Å². The Bertz CT molecular complexity index is 597. The van der Waals surface area contributed by atoms with E-state index in [4.69, 9.17) is 10.5 Å². The van der Waals surface area contributed by atoms with Crippen molar-refractivity contribution in [1.82, 2.24) is 5.32 Å². The van der Waals surface area contributed by atoms with Crippen molar-refractivity contribution in [2.24, 2.45) is 5.73 Å². The summed E-state index contributed by atoms with van der Waals surface area (Å²) in [6.45, 7) is -2.42. The van der Waals surface area contributed by atoms with E-state index in [-0.39, 0.29) is 23.8 Å². The third-order valence-electron chi connectivity index (χ3n) is 4.63. The molecule has 0 bridgehead atoms. The molecule has 0 radical (unpaired) electrons. The molecule has 0 spiro atoms. The Morgan fingerprint density at radius 2 is 2.21 bits per heavy atom. The Morgan fingerprint density at radius 1 is 1.38 bits per heavy atom. The van der Waals surface area contributed by atoms with Crippen LogP contribution in [0.3, 0.4) is 0 Å². The van der Waals surface area contributed by atoms with Crippen LogP contribution < -0.4 is 15.8 Å². The number of ether oxygens (including phenoxy) is 2. The number of halogens is 2. The van der Waals surface area contributed by atoms with Crippen molar-refractivity contribution in [3.05, 3.63) is 29.3 Å². The number of hydrogen-bond donors (Lipinski definition) is 2. The molecule has 132 valence electrons. The number of benzene rings is 1. The number of carbonyl (C=O) groups excluding carboxylic acids is 1. The highest BCUT2D eigenvalue weighted by Gasteiger charge is 2.32. The number of alkyl halides is 2. The van der Waals surface area contributed by atoms with Gasteiger partial charge in [0.25, 0.3) is 0 Å². The molecule has 2 aliphatic rings. The van der Waals surface area contributed by atoms with Crippen LogP contribution in [0, 0.1) is 0 Å². The van der Waals surface area contributed by atoms with E-state index in [1.54, 1.807) is 12.1 Å². The normalized spacial score (nSPS) is 26.2. The highest BCUT2D eigenvalue weighted by molar-refractivity contribution is 5.81. The summed E-state index contributed by atoms with van der Waals surface area (Å²) < 4.78 is 34.7. The van der Waals surface area contributed by atoms with E-state index < -0.39 is 12.7 Å². The second-order valence-corrected chi connectivity index (χ2v) is 6.25. The minimum absolute atomic E-state index is 0.0477. The van der Waals surface area contributed by atoms with Gasteiger partial charge in [0.2, 0.25) is 5.91 Å². The van der Waals surface area contributed by atoms with E-state index in [1.807, 2.05) is 0 Å². The smallest absolute Gasteiger partial charge is 0.387 e. The summed E-state index contributed by atoms with van der Waals surface area (Å²) in [6, 6.07) is 4.79. The van der Waals surface area contributed by atoms with E-state index in [1.165, 1.54) is 6.07 Å². The highest BCUT2D eigenvalue weighted by Crippen LogP contribution is 2.33. The monoisotopic (exact) mass is 340 g/mol. The van der Waals surface area contributed by atoms with Crippen molar-refractivity contribution in [2.75, 3.05) is 6.54 Å². The van der Waals surface area contributed by atoms with E-state index >= 15 is 0 Å². The second kappa shape index (κ2) is 7.44. The fourth-order valence-electron chi connectivity index (χ4n) is 3.45. The van der Waals surface area contributed by atoms with Gasteiger partial charge in [-0.3, -0.25) is 4.79 Å². The number of amides is 1. The maximum atomic E-state index is 12.4. The molecule has 5 nitrogen and oxygen atoms in total. The maximum absolute atomic E-state index is 12.4. The number of rotatable bonds is 5. The van der Waals surface area contributed by atoms with Crippen LogP contribution in [0.25, 0.3) is 0 Å². The van der Waals surface area contributed by atoms with Gasteiger partial charge < -0.3 is 20.5 Å². The lowest BCUT2D eigenvalue weighted by molar-refractivity contribution is -0.132. The summed E-state index contributed by atoms with van der Waals surface area (Å²) in [5.41, 5.74) is 7.47. The summed E-state index contributed by atoms with van der Waals surface area (Å²) in [5.74, 6) is 0.0253. The number of carbonyl (C=O) groups is 1. The fourth-order valence-corrected chi connectivity index (χ4v) is 3.45. The zero-order chi connectivity index (χ0) is 17.1. The largest absolute Gasteiger partial charge is 0.435 e. The Kier molecular flexibility index (Phi) is 5.30. The molecule has 3 N–H and O–H groups in total. The highest BCUT2D eigenvalue weighted by atomic mass is 19.3. The molecule has 1 aliphatic carbocycles.